The van der Waals surface area contributed by atoms with E-state index in [0.29, 0.717) is 19.5 Å². The van der Waals surface area contributed by atoms with Gasteiger partial charge in [0.2, 0.25) is 0 Å². The average molecular weight is 276 g/mol. The van der Waals surface area contributed by atoms with Crippen molar-refractivity contribution in [2.45, 2.75) is 32.8 Å². The Morgan fingerprint density at radius 3 is 2.90 bits per heavy atom. The van der Waals surface area contributed by atoms with Gasteiger partial charge in [-0.3, -0.25) is 4.79 Å². The lowest BCUT2D eigenvalue weighted by Crippen LogP contribution is -2.45. The number of amides is 1. The largest absolute Gasteiger partial charge is 0.393 e. The van der Waals surface area contributed by atoms with Gasteiger partial charge in [-0.25, -0.2) is 0 Å². The summed E-state index contributed by atoms with van der Waals surface area (Å²) in [5.74, 6) is 0.200. The Morgan fingerprint density at radius 1 is 1.45 bits per heavy atom. The number of carbonyl (C=O) groups is 1. The van der Waals surface area contributed by atoms with E-state index in [0.717, 1.165) is 24.2 Å². The standard InChI is InChI=1S/C16H24N2O2/c1-3-9-17-14-7-5-4-6-13(14)16(20)18-10-8-15(19)12(2)11-18/h4-7,12,15,17,19H,3,8-11H2,1-2H3. The van der Waals surface area contributed by atoms with Crippen molar-refractivity contribution in [3.63, 3.8) is 0 Å². The molecule has 1 aliphatic heterocycles. The molecule has 110 valence electrons. The van der Waals surface area contributed by atoms with Gasteiger partial charge in [-0.1, -0.05) is 26.0 Å². The lowest BCUT2D eigenvalue weighted by molar-refractivity contribution is 0.0298. The van der Waals surface area contributed by atoms with E-state index in [9.17, 15) is 9.90 Å². The topological polar surface area (TPSA) is 52.6 Å². The van der Waals surface area contributed by atoms with Gasteiger partial charge in [-0.05, 0) is 30.9 Å². The third-order valence-electron chi connectivity index (χ3n) is 3.87. The molecular formula is C16H24N2O2. The van der Waals surface area contributed by atoms with Gasteiger partial charge in [-0.2, -0.15) is 0 Å². The van der Waals surface area contributed by atoms with Crippen LogP contribution in [0.5, 0.6) is 0 Å². The van der Waals surface area contributed by atoms with E-state index in [4.69, 9.17) is 0 Å². The number of carbonyl (C=O) groups excluding carboxylic acids is 1. The quantitative estimate of drug-likeness (QED) is 0.887. The minimum absolute atomic E-state index is 0.0583. The van der Waals surface area contributed by atoms with Crippen molar-refractivity contribution in [3.05, 3.63) is 29.8 Å². The molecule has 1 amide bonds. The molecule has 4 heteroatoms. The Hall–Kier alpha value is -1.55. The van der Waals surface area contributed by atoms with Crippen LogP contribution in [-0.4, -0.2) is 41.7 Å². The molecular weight excluding hydrogens is 252 g/mol. The first kappa shape index (κ1) is 14.9. The van der Waals surface area contributed by atoms with Gasteiger partial charge >= 0.3 is 0 Å². The lowest BCUT2D eigenvalue weighted by atomic mass is 9.96. The molecule has 0 spiro atoms. The van der Waals surface area contributed by atoms with Crippen molar-refractivity contribution in [1.29, 1.82) is 0 Å². The molecule has 2 unspecified atom stereocenters. The fourth-order valence-electron chi connectivity index (χ4n) is 2.57. The molecule has 1 fully saturated rings. The maximum atomic E-state index is 12.6. The molecule has 1 aromatic carbocycles. The second-order valence-electron chi connectivity index (χ2n) is 5.56. The predicted octanol–water partition coefficient (Wildman–Crippen LogP) is 2.35. The zero-order chi connectivity index (χ0) is 14.5. The number of benzene rings is 1. The summed E-state index contributed by atoms with van der Waals surface area (Å²) < 4.78 is 0. The van der Waals surface area contributed by atoms with E-state index in [1.807, 2.05) is 36.1 Å². The summed E-state index contributed by atoms with van der Waals surface area (Å²) in [6.07, 6.45) is 1.40. The second kappa shape index (κ2) is 6.75. The molecule has 0 radical (unpaired) electrons. The van der Waals surface area contributed by atoms with Crippen LogP contribution in [-0.2, 0) is 0 Å². The average Bonchev–Trinajstić information content (AvgIpc) is 2.47. The molecule has 0 saturated carbocycles. The minimum atomic E-state index is -0.285. The van der Waals surface area contributed by atoms with Crippen LogP contribution in [0.1, 0.15) is 37.0 Å². The molecule has 2 rings (SSSR count). The van der Waals surface area contributed by atoms with Crippen LogP contribution in [0.4, 0.5) is 5.69 Å². The predicted molar refractivity (Wildman–Crippen MR) is 80.9 cm³/mol. The molecule has 0 aliphatic carbocycles. The molecule has 1 saturated heterocycles. The number of nitrogens with zero attached hydrogens (tertiary/aromatic N) is 1. The van der Waals surface area contributed by atoms with E-state index in [-0.39, 0.29) is 17.9 Å². The summed E-state index contributed by atoms with van der Waals surface area (Å²) in [6.45, 7) is 6.21. The molecule has 20 heavy (non-hydrogen) atoms. The molecule has 2 N–H and O–H groups in total. The summed E-state index contributed by atoms with van der Waals surface area (Å²) in [4.78, 5) is 14.5. The van der Waals surface area contributed by atoms with Crippen LogP contribution in [0.2, 0.25) is 0 Å². The minimum Gasteiger partial charge on any atom is -0.393 e. The molecule has 2 atom stereocenters. The van der Waals surface area contributed by atoms with E-state index in [2.05, 4.69) is 12.2 Å². The van der Waals surface area contributed by atoms with Crippen LogP contribution >= 0.6 is 0 Å². The number of anilines is 1. The lowest BCUT2D eigenvalue weighted by Gasteiger charge is -2.34. The molecule has 1 heterocycles. The van der Waals surface area contributed by atoms with Crippen molar-refractivity contribution < 1.29 is 9.90 Å². The number of likely N-dealkylation sites (tertiary alicyclic amines) is 1. The summed E-state index contributed by atoms with van der Waals surface area (Å²) in [5.41, 5.74) is 1.63. The first-order valence-electron chi connectivity index (χ1n) is 7.43. The summed E-state index contributed by atoms with van der Waals surface area (Å²) in [7, 11) is 0. The van der Waals surface area contributed by atoms with Crippen LogP contribution < -0.4 is 5.32 Å². The fourth-order valence-corrected chi connectivity index (χ4v) is 2.57. The number of para-hydroxylation sites is 1. The van der Waals surface area contributed by atoms with E-state index in [1.54, 1.807) is 0 Å². The van der Waals surface area contributed by atoms with Crippen molar-refractivity contribution in [2.75, 3.05) is 25.0 Å². The normalized spacial score (nSPS) is 22.6. The van der Waals surface area contributed by atoms with Crippen LogP contribution in [0, 0.1) is 5.92 Å². The van der Waals surface area contributed by atoms with Crippen molar-refractivity contribution in [1.82, 2.24) is 4.90 Å². The Morgan fingerprint density at radius 2 is 2.20 bits per heavy atom. The van der Waals surface area contributed by atoms with Crippen LogP contribution in [0.25, 0.3) is 0 Å². The molecule has 1 aliphatic rings. The van der Waals surface area contributed by atoms with Gasteiger partial charge in [0.15, 0.2) is 0 Å². The Kier molecular flexibility index (Phi) is 5.01. The Bertz CT molecular complexity index is 462. The molecule has 1 aromatic rings. The van der Waals surface area contributed by atoms with Gasteiger partial charge < -0.3 is 15.3 Å². The van der Waals surface area contributed by atoms with Gasteiger partial charge in [-0.15, -0.1) is 0 Å². The highest BCUT2D eigenvalue weighted by Crippen LogP contribution is 2.22. The molecule has 4 nitrogen and oxygen atoms in total. The fraction of sp³-hybridized carbons (Fsp3) is 0.562. The number of piperidine rings is 1. The van der Waals surface area contributed by atoms with Gasteiger partial charge in [0.25, 0.3) is 5.91 Å². The highest BCUT2D eigenvalue weighted by Gasteiger charge is 2.28. The van der Waals surface area contributed by atoms with Gasteiger partial charge in [0.1, 0.15) is 0 Å². The highest BCUT2D eigenvalue weighted by atomic mass is 16.3. The number of aliphatic hydroxyl groups is 1. The zero-order valence-electron chi connectivity index (χ0n) is 12.3. The third kappa shape index (κ3) is 3.31. The van der Waals surface area contributed by atoms with E-state index < -0.39 is 0 Å². The molecule has 0 aromatic heterocycles. The molecule has 0 bridgehead atoms. The first-order chi connectivity index (χ1) is 9.63. The number of hydrogen-bond donors (Lipinski definition) is 2. The van der Waals surface area contributed by atoms with Crippen LogP contribution in [0.3, 0.4) is 0 Å². The number of nitrogens with one attached hydrogen (secondary N) is 1. The van der Waals surface area contributed by atoms with E-state index >= 15 is 0 Å². The Balaban J connectivity index is 2.12. The second-order valence-corrected chi connectivity index (χ2v) is 5.56. The van der Waals surface area contributed by atoms with E-state index in [1.165, 1.54) is 0 Å². The summed E-state index contributed by atoms with van der Waals surface area (Å²) in [6, 6.07) is 7.66. The smallest absolute Gasteiger partial charge is 0.255 e. The number of rotatable bonds is 4. The summed E-state index contributed by atoms with van der Waals surface area (Å²) in [5, 5.41) is 13.1. The Labute approximate surface area is 120 Å². The van der Waals surface area contributed by atoms with Crippen molar-refractivity contribution >= 4 is 11.6 Å². The van der Waals surface area contributed by atoms with Gasteiger partial charge in [0, 0.05) is 25.3 Å². The highest BCUT2D eigenvalue weighted by molar-refractivity contribution is 5.99. The first-order valence-corrected chi connectivity index (χ1v) is 7.43. The summed E-state index contributed by atoms with van der Waals surface area (Å²) >= 11 is 0. The van der Waals surface area contributed by atoms with Crippen molar-refractivity contribution in [3.8, 4) is 0 Å². The van der Waals surface area contributed by atoms with Gasteiger partial charge in [0.05, 0.1) is 11.7 Å². The third-order valence-corrected chi connectivity index (χ3v) is 3.87. The SMILES string of the molecule is CCCNc1ccccc1C(=O)N1CCC(O)C(C)C1. The van der Waals surface area contributed by atoms with Crippen LogP contribution in [0.15, 0.2) is 24.3 Å². The maximum Gasteiger partial charge on any atom is 0.255 e. The van der Waals surface area contributed by atoms with Crippen molar-refractivity contribution in [2.24, 2.45) is 5.92 Å². The zero-order valence-corrected chi connectivity index (χ0v) is 12.3. The number of aliphatic hydroxyl groups excluding tert-OH is 1. The number of hydrogen-bond acceptors (Lipinski definition) is 3. The maximum absolute atomic E-state index is 12.6. The monoisotopic (exact) mass is 276 g/mol.